The molecule has 0 heterocycles. The molecule has 5 heteroatoms. The van der Waals surface area contributed by atoms with Crippen molar-refractivity contribution in [3.63, 3.8) is 0 Å². The minimum absolute atomic E-state index is 0.475. The van der Waals surface area contributed by atoms with Gasteiger partial charge in [0.1, 0.15) is 12.4 Å². The molecule has 0 bridgehead atoms. The summed E-state index contributed by atoms with van der Waals surface area (Å²) in [6, 6.07) is 5.55. The number of rotatable bonds is 9. The van der Waals surface area contributed by atoms with E-state index >= 15 is 0 Å². The summed E-state index contributed by atoms with van der Waals surface area (Å²) in [6.07, 6.45) is 0.891. The summed E-state index contributed by atoms with van der Waals surface area (Å²) >= 11 is 6.05. The Hall–Kier alpha value is -0.810. The predicted molar refractivity (Wildman–Crippen MR) is 72.2 cm³/mol. The van der Waals surface area contributed by atoms with E-state index in [1.807, 2.05) is 18.2 Å². The zero-order chi connectivity index (χ0) is 13.2. The SMILES string of the molecule is COCCCOCCOc1ccc(CN)cc1Cl. The fourth-order valence-corrected chi connectivity index (χ4v) is 1.66. The first-order valence-electron chi connectivity index (χ1n) is 5.96. The van der Waals surface area contributed by atoms with E-state index in [1.54, 1.807) is 7.11 Å². The van der Waals surface area contributed by atoms with Crippen LogP contribution in [-0.2, 0) is 16.0 Å². The predicted octanol–water partition coefficient (Wildman–Crippen LogP) is 2.23. The summed E-state index contributed by atoms with van der Waals surface area (Å²) in [6.45, 7) is 2.89. The molecule has 1 aromatic rings. The van der Waals surface area contributed by atoms with E-state index in [1.165, 1.54) is 0 Å². The third-order valence-electron chi connectivity index (χ3n) is 2.35. The van der Waals surface area contributed by atoms with Gasteiger partial charge in [-0.25, -0.2) is 0 Å². The van der Waals surface area contributed by atoms with Crippen molar-refractivity contribution in [3.8, 4) is 5.75 Å². The van der Waals surface area contributed by atoms with Crippen molar-refractivity contribution in [2.24, 2.45) is 5.73 Å². The van der Waals surface area contributed by atoms with E-state index in [2.05, 4.69) is 0 Å². The van der Waals surface area contributed by atoms with Crippen molar-refractivity contribution in [2.45, 2.75) is 13.0 Å². The molecular formula is C13H20ClNO3. The molecule has 0 spiro atoms. The summed E-state index contributed by atoms with van der Waals surface area (Å²) in [4.78, 5) is 0. The third kappa shape index (κ3) is 5.69. The Morgan fingerprint density at radius 2 is 2.00 bits per heavy atom. The van der Waals surface area contributed by atoms with Gasteiger partial charge >= 0.3 is 0 Å². The first-order chi connectivity index (χ1) is 8.77. The van der Waals surface area contributed by atoms with Gasteiger partial charge in [-0.1, -0.05) is 17.7 Å². The lowest BCUT2D eigenvalue weighted by atomic mass is 10.2. The van der Waals surface area contributed by atoms with Gasteiger partial charge in [-0.05, 0) is 24.1 Å². The minimum Gasteiger partial charge on any atom is -0.490 e. The third-order valence-corrected chi connectivity index (χ3v) is 2.65. The van der Waals surface area contributed by atoms with E-state index in [4.69, 9.17) is 31.5 Å². The van der Waals surface area contributed by atoms with Crippen LogP contribution in [0.5, 0.6) is 5.75 Å². The zero-order valence-corrected chi connectivity index (χ0v) is 11.4. The molecule has 0 fully saturated rings. The van der Waals surface area contributed by atoms with Gasteiger partial charge in [-0.2, -0.15) is 0 Å². The number of hydrogen-bond acceptors (Lipinski definition) is 4. The Bertz CT molecular complexity index is 347. The highest BCUT2D eigenvalue weighted by Gasteiger charge is 2.02. The van der Waals surface area contributed by atoms with E-state index in [9.17, 15) is 0 Å². The van der Waals surface area contributed by atoms with Crippen LogP contribution in [0, 0.1) is 0 Å². The fourth-order valence-electron chi connectivity index (χ4n) is 1.41. The van der Waals surface area contributed by atoms with E-state index in [-0.39, 0.29) is 0 Å². The molecule has 4 nitrogen and oxygen atoms in total. The molecule has 0 amide bonds. The topological polar surface area (TPSA) is 53.7 Å². The lowest BCUT2D eigenvalue weighted by Gasteiger charge is -2.09. The molecule has 0 saturated heterocycles. The maximum atomic E-state index is 6.05. The number of benzene rings is 1. The highest BCUT2D eigenvalue weighted by molar-refractivity contribution is 6.32. The Morgan fingerprint density at radius 3 is 2.67 bits per heavy atom. The quantitative estimate of drug-likeness (QED) is 0.701. The van der Waals surface area contributed by atoms with Gasteiger partial charge in [0, 0.05) is 26.9 Å². The molecule has 1 rings (SSSR count). The van der Waals surface area contributed by atoms with Gasteiger partial charge in [0.2, 0.25) is 0 Å². The second-order valence-electron chi connectivity index (χ2n) is 3.78. The van der Waals surface area contributed by atoms with E-state index in [0.717, 1.165) is 12.0 Å². The van der Waals surface area contributed by atoms with Gasteiger partial charge in [0.05, 0.1) is 11.6 Å². The number of halogens is 1. The van der Waals surface area contributed by atoms with E-state index in [0.29, 0.717) is 43.7 Å². The maximum Gasteiger partial charge on any atom is 0.138 e. The lowest BCUT2D eigenvalue weighted by molar-refractivity contribution is 0.0807. The molecule has 0 aliphatic carbocycles. The van der Waals surface area contributed by atoms with Crippen molar-refractivity contribution in [3.05, 3.63) is 28.8 Å². The van der Waals surface area contributed by atoms with Gasteiger partial charge in [0.25, 0.3) is 0 Å². The van der Waals surface area contributed by atoms with Crippen molar-refractivity contribution in [2.75, 3.05) is 33.5 Å². The summed E-state index contributed by atoms with van der Waals surface area (Å²) in [5, 5.41) is 0.581. The van der Waals surface area contributed by atoms with Gasteiger partial charge < -0.3 is 19.9 Å². The molecule has 0 atom stereocenters. The summed E-state index contributed by atoms with van der Waals surface area (Å²) < 4.78 is 15.8. The van der Waals surface area contributed by atoms with Crippen LogP contribution in [0.4, 0.5) is 0 Å². The average Bonchev–Trinajstić information content (AvgIpc) is 2.39. The number of nitrogens with two attached hydrogens (primary N) is 1. The molecule has 2 N–H and O–H groups in total. The molecule has 1 aromatic carbocycles. The largest absolute Gasteiger partial charge is 0.490 e. The van der Waals surface area contributed by atoms with Crippen molar-refractivity contribution < 1.29 is 14.2 Å². The average molecular weight is 274 g/mol. The van der Waals surface area contributed by atoms with Crippen molar-refractivity contribution in [1.82, 2.24) is 0 Å². The van der Waals surface area contributed by atoms with Crippen LogP contribution >= 0.6 is 11.6 Å². The van der Waals surface area contributed by atoms with Gasteiger partial charge in [-0.15, -0.1) is 0 Å². The van der Waals surface area contributed by atoms with Crippen molar-refractivity contribution >= 4 is 11.6 Å². The molecule has 0 saturated carbocycles. The Balaban J connectivity index is 2.19. The summed E-state index contributed by atoms with van der Waals surface area (Å²) in [7, 11) is 1.68. The molecule has 0 aromatic heterocycles. The standard InChI is InChI=1S/C13H20ClNO3/c1-16-5-2-6-17-7-8-18-13-4-3-11(10-15)9-12(13)14/h3-4,9H,2,5-8,10,15H2,1H3. The normalized spacial score (nSPS) is 10.6. The van der Waals surface area contributed by atoms with Crippen LogP contribution in [0.2, 0.25) is 5.02 Å². The minimum atomic E-state index is 0.475. The molecule has 102 valence electrons. The van der Waals surface area contributed by atoms with Crippen LogP contribution in [0.15, 0.2) is 18.2 Å². The Morgan fingerprint density at radius 1 is 1.17 bits per heavy atom. The van der Waals surface area contributed by atoms with Crippen molar-refractivity contribution in [1.29, 1.82) is 0 Å². The highest BCUT2D eigenvalue weighted by Crippen LogP contribution is 2.25. The Kier molecular flexibility index (Phi) is 7.76. The van der Waals surface area contributed by atoms with Crippen LogP contribution in [0.1, 0.15) is 12.0 Å². The first-order valence-corrected chi connectivity index (χ1v) is 6.33. The number of hydrogen-bond donors (Lipinski definition) is 1. The monoisotopic (exact) mass is 273 g/mol. The highest BCUT2D eigenvalue weighted by atomic mass is 35.5. The van der Waals surface area contributed by atoms with Crippen LogP contribution < -0.4 is 10.5 Å². The first kappa shape index (κ1) is 15.2. The molecule has 0 aliphatic heterocycles. The van der Waals surface area contributed by atoms with Crippen LogP contribution in [0.3, 0.4) is 0 Å². The van der Waals surface area contributed by atoms with Crippen LogP contribution in [0.25, 0.3) is 0 Å². The lowest BCUT2D eigenvalue weighted by Crippen LogP contribution is -2.09. The van der Waals surface area contributed by atoms with Gasteiger partial charge in [0.15, 0.2) is 0 Å². The van der Waals surface area contributed by atoms with Crippen LogP contribution in [-0.4, -0.2) is 33.5 Å². The molecule has 18 heavy (non-hydrogen) atoms. The Labute approximate surface area is 113 Å². The zero-order valence-electron chi connectivity index (χ0n) is 10.7. The molecule has 0 radical (unpaired) electrons. The smallest absolute Gasteiger partial charge is 0.138 e. The summed E-state index contributed by atoms with van der Waals surface area (Å²) in [5.41, 5.74) is 6.51. The second-order valence-corrected chi connectivity index (χ2v) is 4.18. The molecule has 0 aliphatic rings. The fraction of sp³-hybridized carbons (Fsp3) is 0.538. The number of methoxy groups -OCH3 is 1. The molecule has 0 unspecified atom stereocenters. The number of ether oxygens (including phenoxy) is 3. The van der Waals surface area contributed by atoms with E-state index < -0.39 is 0 Å². The second kappa shape index (κ2) is 9.16. The maximum absolute atomic E-state index is 6.05. The molecular weight excluding hydrogens is 254 g/mol. The summed E-state index contributed by atoms with van der Waals surface area (Å²) in [5.74, 6) is 0.661. The van der Waals surface area contributed by atoms with Gasteiger partial charge in [-0.3, -0.25) is 0 Å².